The molecule has 1 fully saturated rings. The first-order chi connectivity index (χ1) is 7.75. The maximum Gasteiger partial charge on any atom is 0.335 e. The maximum absolute atomic E-state index is 10.8. The predicted octanol–water partition coefficient (Wildman–Crippen LogP) is 2.69. The summed E-state index contributed by atoms with van der Waals surface area (Å²) in [5.41, 5.74) is 1.25. The third kappa shape index (κ3) is 2.92. The van der Waals surface area contributed by atoms with Gasteiger partial charge in [-0.25, -0.2) is 4.79 Å². The summed E-state index contributed by atoms with van der Waals surface area (Å²) >= 11 is 1.95. The Hall–Kier alpha value is -1.16. The highest BCUT2D eigenvalue weighted by Gasteiger charge is 2.13. The van der Waals surface area contributed by atoms with Crippen LogP contribution in [-0.2, 0) is 0 Å². The first kappa shape index (κ1) is 11.3. The van der Waals surface area contributed by atoms with Crippen molar-refractivity contribution >= 4 is 23.4 Å². The van der Waals surface area contributed by atoms with Crippen molar-refractivity contribution in [2.75, 3.05) is 16.8 Å². The molecule has 2 rings (SSSR count). The lowest BCUT2D eigenvalue weighted by atomic mass is 10.1. The van der Waals surface area contributed by atoms with E-state index < -0.39 is 5.97 Å². The minimum absolute atomic E-state index is 0.341. The number of anilines is 1. The van der Waals surface area contributed by atoms with Gasteiger partial charge in [0, 0.05) is 17.5 Å². The van der Waals surface area contributed by atoms with Gasteiger partial charge in [0.05, 0.1) is 5.56 Å². The number of benzene rings is 1. The second-order valence-electron chi connectivity index (χ2n) is 3.94. The van der Waals surface area contributed by atoms with Gasteiger partial charge in [-0.05, 0) is 36.8 Å². The fourth-order valence-corrected chi connectivity index (χ4v) is 2.90. The molecule has 2 N–H and O–H groups in total. The molecule has 16 heavy (non-hydrogen) atoms. The van der Waals surface area contributed by atoms with E-state index in [9.17, 15) is 4.79 Å². The van der Waals surface area contributed by atoms with Gasteiger partial charge in [0.1, 0.15) is 0 Å². The van der Waals surface area contributed by atoms with Gasteiger partial charge in [-0.2, -0.15) is 11.8 Å². The number of rotatable bonds is 3. The van der Waals surface area contributed by atoms with Crippen LogP contribution in [-0.4, -0.2) is 28.6 Å². The maximum atomic E-state index is 10.8. The number of hydrogen-bond donors (Lipinski definition) is 2. The Bertz CT molecular complexity index is 375. The van der Waals surface area contributed by atoms with Gasteiger partial charge in [-0.1, -0.05) is 6.07 Å². The monoisotopic (exact) mass is 237 g/mol. The Kier molecular flexibility index (Phi) is 3.72. The molecule has 0 aliphatic carbocycles. The summed E-state index contributed by atoms with van der Waals surface area (Å²) in [6.45, 7) is 0. The largest absolute Gasteiger partial charge is 0.478 e. The smallest absolute Gasteiger partial charge is 0.335 e. The molecule has 1 unspecified atom stereocenters. The van der Waals surface area contributed by atoms with Crippen molar-refractivity contribution in [3.8, 4) is 0 Å². The van der Waals surface area contributed by atoms with Crippen molar-refractivity contribution in [3.63, 3.8) is 0 Å². The molecule has 0 bridgehead atoms. The molecule has 1 aromatic rings. The molecule has 0 radical (unpaired) electrons. The number of carbonyl (C=O) groups is 1. The first-order valence-electron chi connectivity index (χ1n) is 5.43. The molecule has 1 atom stereocenters. The summed E-state index contributed by atoms with van der Waals surface area (Å²) < 4.78 is 0. The molecule has 1 aliphatic heterocycles. The molecule has 4 heteroatoms. The number of hydrogen-bond acceptors (Lipinski definition) is 3. The Morgan fingerprint density at radius 1 is 1.50 bits per heavy atom. The van der Waals surface area contributed by atoms with Gasteiger partial charge in [0.25, 0.3) is 0 Å². The minimum atomic E-state index is -0.873. The average molecular weight is 237 g/mol. The predicted molar refractivity (Wildman–Crippen MR) is 67.4 cm³/mol. The van der Waals surface area contributed by atoms with E-state index in [2.05, 4.69) is 5.32 Å². The van der Waals surface area contributed by atoms with E-state index in [0.717, 1.165) is 11.4 Å². The fourth-order valence-electron chi connectivity index (χ4n) is 1.83. The molecule has 0 amide bonds. The zero-order valence-electron chi connectivity index (χ0n) is 8.98. The van der Waals surface area contributed by atoms with Gasteiger partial charge < -0.3 is 10.4 Å². The number of nitrogens with one attached hydrogen (secondary N) is 1. The normalized spacial score (nSPS) is 20.4. The molecule has 1 saturated heterocycles. The van der Waals surface area contributed by atoms with Gasteiger partial charge in [0.15, 0.2) is 0 Å². The minimum Gasteiger partial charge on any atom is -0.478 e. The molecule has 1 aliphatic rings. The van der Waals surface area contributed by atoms with E-state index in [4.69, 9.17) is 5.11 Å². The van der Waals surface area contributed by atoms with Crippen molar-refractivity contribution in [2.45, 2.75) is 18.9 Å². The lowest BCUT2D eigenvalue weighted by Crippen LogP contribution is -2.25. The van der Waals surface area contributed by atoms with Crippen LogP contribution in [0.1, 0.15) is 23.2 Å². The van der Waals surface area contributed by atoms with E-state index in [1.807, 2.05) is 17.8 Å². The van der Waals surface area contributed by atoms with Crippen LogP contribution in [0.2, 0.25) is 0 Å². The molecular weight excluding hydrogens is 222 g/mol. The van der Waals surface area contributed by atoms with Crippen molar-refractivity contribution in [2.24, 2.45) is 0 Å². The average Bonchev–Trinajstić information content (AvgIpc) is 2.30. The standard InChI is InChI=1S/C12H15NO2S/c14-12(15)9-3-1-4-10(7-9)13-11-5-2-6-16-8-11/h1,3-4,7,11,13H,2,5-6,8H2,(H,14,15). The highest BCUT2D eigenvalue weighted by Crippen LogP contribution is 2.21. The summed E-state index contributed by atoms with van der Waals surface area (Å²) in [7, 11) is 0. The van der Waals surface area contributed by atoms with Crippen LogP contribution in [0.4, 0.5) is 5.69 Å². The van der Waals surface area contributed by atoms with E-state index in [0.29, 0.717) is 11.6 Å². The lowest BCUT2D eigenvalue weighted by molar-refractivity contribution is 0.0697. The molecule has 86 valence electrons. The summed E-state index contributed by atoms with van der Waals surface area (Å²) in [6.07, 6.45) is 2.41. The topological polar surface area (TPSA) is 49.3 Å². The number of carboxylic acid groups (broad SMARTS) is 1. The van der Waals surface area contributed by atoms with Crippen LogP contribution in [0.3, 0.4) is 0 Å². The SMILES string of the molecule is O=C(O)c1cccc(NC2CCCSC2)c1. The Balaban J connectivity index is 2.02. The van der Waals surface area contributed by atoms with Crippen LogP contribution in [0, 0.1) is 0 Å². The molecule has 1 aromatic carbocycles. The highest BCUT2D eigenvalue weighted by molar-refractivity contribution is 7.99. The second kappa shape index (κ2) is 5.25. The second-order valence-corrected chi connectivity index (χ2v) is 5.09. The summed E-state index contributed by atoms with van der Waals surface area (Å²) in [5, 5.41) is 12.3. The third-order valence-corrected chi connectivity index (χ3v) is 3.86. The van der Waals surface area contributed by atoms with Crippen molar-refractivity contribution in [3.05, 3.63) is 29.8 Å². The van der Waals surface area contributed by atoms with E-state index in [1.165, 1.54) is 18.6 Å². The number of thioether (sulfide) groups is 1. The van der Waals surface area contributed by atoms with Crippen molar-refractivity contribution in [1.29, 1.82) is 0 Å². The Morgan fingerprint density at radius 3 is 3.06 bits per heavy atom. The van der Waals surface area contributed by atoms with Gasteiger partial charge >= 0.3 is 5.97 Å². The van der Waals surface area contributed by atoms with Crippen LogP contribution in [0.15, 0.2) is 24.3 Å². The summed E-state index contributed by atoms with van der Waals surface area (Å²) in [5.74, 6) is 1.48. The van der Waals surface area contributed by atoms with Crippen LogP contribution in [0.25, 0.3) is 0 Å². The Morgan fingerprint density at radius 2 is 2.38 bits per heavy atom. The molecule has 1 heterocycles. The Labute approximate surface area is 99.2 Å². The van der Waals surface area contributed by atoms with Crippen molar-refractivity contribution < 1.29 is 9.90 Å². The summed E-state index contributed by atoms with van der Waals surface area (Å²) in [6, 6.07) is 7.49. The fraction of sp³-hybridized carbons (Fsp3) is 0.417. The highest BCUT2D eigenvalue weighted by atomic mass is 32.2. The van der Waals surface area contributed by atoms with Crippen LogP contribution < -0.4 is 5.32 Å². The molecule has 0 saturated carbocycles. The van der Waals surface area contributed by atoms with Gasteiger partial charge in [-0.3, -0.25) is 0 Å². The molecule has 0 spiro atoms. The molecule has 3 nitrogen and oxygen atoms in total. The number of aromatic carboxylic acids is 1. The van der Waals surface area contributed by atoms with Crippen LogP contribution >= 0.6 is 11.8 Å². The van der Waals surface area contributed by atoms with E-state index in [-0.39, 0.29) is 0 Å². The van der Waals surface area contributed by atoms with Gasteiger partial charge in [0.2, 0.25) is 0 Å². The van der Waals surface area contributed by atoms with E-state index >= 15 is 0 Å². The lowest BCUT2D eigenvalue weighted by Gasteiger charge is -2.23. The number of carboxylic acids is 1. The zero-order valence-corrected chi connectivity index (χ0v) is 9.80. The van der Waals surface area contributed by atoms with E-state index in [1.54, 1.807) is 18.2 Å². The zero-order chi connectivity index (χ0) is 11.4. The first-order valence-corrected chi connectivity index (χ1v) is 6.59. The van der Waals surface area contributed by atoms with Gasteiger partial charge in [-0.15, -0.1) is 0 Å². The molecule has 0 aromatic heterocycles. The quantitative estimate of drug-likeness (QED) is 0.848. The third-order valence-electron chi connectivity index (χ3n) is 2.64. The van der Waals surface area contributed by atoms with Crippen molar-refractivity contribution in [1.82, 2.24) is 0 Å². The summed E-state index contributed by atoms with van der Waals surface area (Å²) in [4.78, 5) is 10.8. The molecular formula is C12H15NO2S. The van der Waals surface area contributed by atoms with Crippen LogP contribution in [0.5, 0.6) is 0 Å².